The number of alkyl halides is 1. The Bertz CT molecular complexity index is 476. The number of Topliss-reactive ketones (excluding diaryl/α,β-unsaturated/α-hetero) is 1. The summed E-state index contributed by atoms with van der Waals surface area (Å²) in [6.07, 6.45) is 1.45. The van der Waals surface area contributed by atoms with E-state index in [1.54, 1.807) is 0 Å². The first-order chi connectivity index (χ1) is 8.15. The summed E-state index contributed by atoms with van der Waals surface area (Å²) in [7, 11) is 0. The molecule has 0 saturated carbocycles. The zero-order chi connectivity index (χ0) is 12.4. The molecule has 17 heavy (non-hydrogen) atoms. The van der Waals surface area contributed by atoms with Crippen molar-refractivity contribution in [3.63, 3.8) is 0 Å². The number of amides is 1. The van der Waals surface area contributed by atoms with Crippen LogP contribution in [0.1, 0.15) is 23.2 Å². The maximum Gasteiger partial charge on any atom is 0.299 e. The van der Waals surface area contributed by atoms with Gasteiger partial charge in [0.15, 0.2) is 0 Å². The van der Waals surface area contributed by atoms with Gasteiger partial charge in [0.1, 0.15) is 5.82 Å². The molecule has 5 heteroatoms. The third-order valence-electron chi connectivity index (χ3n) is 2.70. The van der Waals surface area contributed by atoms with Crippen molar-refractivity contribution in [2.75, 3.05) is 17.3 Å². The van der Waals surface area contributed by atoms with Gasteiger partial charge in [-0.05, 0) is 31.0 Å². The smallest absolute Gasteiger partial charge is 0.299 e. The number of hydrogen-bond acceptors (Lipinski definition) is 2. The summed E-state index contributed by atoms with van der Waals surface area (Å²) in [6, 6.07) is 3.76. The van der Waals surface area contributed by atoms with Gasteiger partial charge < -0.3 is 4.90 Å². The van der Waals surface area contributed by atoms with Gasteiger partial charge in [0.05, 0.1) is 11.3 Å². The zero-order valence-corrected chi connectivity index (χ0v) is 9.84. The molecule has 1 aliphatic rings. The van der Waals surface area contributed by atoms with Gasteiger partial charge in [-0.25, -0.2) is 4.39 Å². The lowest BCUT2D eigenvalue weighted by atomic mass is 10.1. The van der Waals surface area contributed by atoms with Gasteiger partial charge in [-0.1, -0.05) is 0 Å². The van der Waals surface area contributed by atoms with Crippen LogP contribution in [0.25, 0.3) is 0 Å². The molecule has 1 aliphatic heterocycles. The number of halogens is 2. The number of rotatable bonds is 4. The predicted molar refractivity (Wildman–Crippen MR) is 63.0 cm³/mol. The molecule has 90 valence electrons. The molecule has 0 aliphatic carbocycles. The van der Waals surface area contributed by atoms with Crippen molar-refractivity contribution in [2.45, 2.75) is 12.8 Å². The Balaban J connectivity index is 2.26. The van der Waals surface area contributed by atoms with Crippen molar-refractivity contribution in [2.24, 2.45) is 0 Å². The van der Waals surface area contributed by atoms with Gasteiger partial charge in [-0.15, -0.1) is 11.6 Å². The molecule has 0 fully saturated rings. The summed E-state index contributed by atoms with van der Waals surface area (Å²) in [4.78, 5) is 24.6. The van der Waals surface area contributed by atoms with Gasteiger partial charge in [-0.3, -0.25) is 9.59 Å². The second-order valence-electron chi connectivity index (χ2n) is 3.84. The summed E-state index contributed by atoms with van der Waals surface area (Å²) >= 11 is 5.55. The largest absolute Gasteiger partial charge is 0.305 e. The summed E-state index contributed by atoms with van der Waals surface area (Å²) in [6.45, 7) is 0.397. The molecule has 1 heterocycles. The minimum atomic E-state index is -0.583. The van der Waals surface area contributed by atoms with Crippen LogP contribution in [0.2, 0.25) is 0 Å². The van der Waals surface area contributed by atoms with Crippen molar-refractivity contribution in [1.82, 2.24) is 0 Å². The minimum Gasteiger partial charge on any atom is -0.305 e. The average Bonchev–Trinajstić information content (AvgIpc) is 2.54. The van der Waals surface area contributed by atoms with Crippen molar-refractivity contribution >= 4 is 29.0 Å². The third kappa shape index (κ3) is 2.17. The van der Waals surface area contributed by atoms with Crippen LogP contribution in [-0.2, 0) is 4.79 Å². The van der Waals surface area contributed by atoms with E-state index in [0.29, 0.717) is 24.5 Å². The van der Waals surface area contributed by atoms with Crippen LogP contribution in [-0.4, -0.2) is 24.1 Å². The molecule has 2 rings (SSSR count). The Morgan fingerprint density at radius 2 is 2.00 bits per heavy atom. The predicted octanol–water partition coefficient (Wildman–Crippen LogP) is 2.37. The van der Waals surface area contributed by atoms with E-state index >= 15 is 0 Å². The van der Waals surface area contributed by atoms with Crippen LogP contribution in [0.5, 0.6) is 0 Å². The number of anilines is 1. The lowest BCUT2D eigenvalue weighted by molar-refractivity contribution is -0.114. The normalized spacial score (nSPS) is 14.4. The summed E-state index contributed by atoms with van der Waals surface area (Å²) in [5, 5.41) is 0. The molecule has 1 aromatic rings. The van der Waals surface area contributed by atoms with Crippen LogP contribution in [0.4, 0.5) is 10.1 Å². The molecule has 0 saturated heterocycles. The van der Waals surface area contributed by atoms with E-state index in [1.807, 2.05) is 0 Å². The molecular weight excluding hydrogens is 245 g/mol. The first-order valence-electron chi connectivity index (χ1n) is 5.37. The van der Waals surface area contributed by atoms with Crippen LogP contribution in [0.15, 0.2) is 18.2 Å². The number of fused-ring (bicyclic) bond motifs is 1. The molecule has 1 amide bonds. The lowest BCUT2D eigenvalue weighted by Crippen LogP contribution is -2.30. The Morgan fingerprint density at radius 3 is 2.71 bits per heavy atom. The highest BCUT2D eigenvalue weighted by molar-refractivity contribution is 6.52. The number of unbranched alkanes of at least 4 members (excludes halogenated alkanes) is 1. The van der Waals surface area contributed by atoms with E-state index in [-0.39, 0.29) is 5.56 Å². The van der Waals surface area contributed by atoms with E-state index in [2.05, 4.69) is 0 Å². The van der Waals surface area contributed by atoms with Crippen molar-refractivity contribution in [1.29, 1.82) is 0 Å². The van der Waals surface area contributed by atoms with Gasteiger partial charge in [0, 0.05) is 12.4 Å². The van der Waals surface area contributed by atoms with Crippen molar-refractivity contribution < 1.29 is 14.0 Å². The second-order valence-corrected chi connectivity index (χ2v) is 4.22. The fraction of sp³-hybridized carbons (Fsp3) is 0.333. The Hall–Kier alpha value is -1.42. The van der Waals surface area contributed by atoms with Crippen LogP contribution in [0, 0.1) is 5.82 Å². The highest BCUT2D eigenvalue weighted by atomic mass is 35.5. The average molecular weight is 256 g/mol. The fourth-order valence-electron chi connectivity index (χ4n) is 1.85. The number of hydrogen-bond donors (Lipinski definition) is 0. The maximum absolute atomic E-state index is 13.1. The van der Waals surface area contributed by atoms with Gasteiger partial charge in [0.2, 0.25) is 0 Å². The number of ketones is 1. The Labute approximate surface area is 103 Å². The fourth-order valence-corrected chi connectivity index (χ4v) is 2.04. The summed E-state index contributed by atoms with van der Waals surface area (Å²) in [5.41, 5.74) is 0.650. The van der Waals surface area contributed by atoms with Gasteiger partial charge in [0.25, 0.3) is 11.7 Å². The van der Waals surface area contributed by atoms with Crippen molar-refractivity contribution in [3.8, 4) is 0 Å². The highest BCUT2D eigenvalue weighted by Gasteiger charge is 2.35. The molecule has 0 unspecified atom stereocenters. The molecule has 1 aromatic carbocycles. The molecule has 0 N–H and O–H groups in total. The van der Waals surface area contributed by atoms with Gasteiger partial charge in [-0.2, -0.15) is 0 Å². The molecule has 0 bridgehead atoms. The van der Waals surface area contributed by atoms with Crippen LogP contribution >= 0.6 is 11.6 Å². The quantitative estimate of drug-likeness (QED) is 0.471. The monoisotopic (exact) mass is 255 g/mol. The van der Waals surface area contributed by atoms with Gasteiger partial charge >= 0.3 is 0 Å². The molecule has 0 spiro atoms. The van der Waals surface area contributed by atoms with E-state index in [9.17, 15) is 14.0 Å². The van der Waals surface area contributed by atoms with E-state index in [1.165, 1.54) is 23.1 Å². The van der Waals surface area contributed by atoms with E-state index in [4.69, 9.17) is 11.6 Å². The summed E-state index contributed by atoms with van der Waals surface area (Å²) < 4.78 is 13.1. The first kappa shape index (κ1) is 12.0. The maximum atomic E-state index is 13.1. The molecule has 0 atom stereocenters. The molecule has 3 nitrogen and oxygen atoms in total. The highest BCUT2D eigenvalue weighted by Crippen LogP contribution is 2.29. The molecule has 0 aromatic heterocycles. The zero-order valence-electron chi connectivity index (χ0n) is 9.08. The minimum absolute atomic E-state index is 0.280. The van der Waals surface area contributed by atoms with Crippen LogP contribution < -0.4 is 4.90 Å². The Morgan fingerprint density at radius 1 is 1.24 bits per heavy atom. The summed E-state index contributed by atoms with van der Waals surface area (Å²) in [5.74, 6) is -1.09. The number of benzene rings is 1. The Kier molecular flexibility index (Phi) is 3.43. The van der Waals surface area contributed by atoms with E-state index in [0.717, 1.165) is 6.42 Å². The van der Waals surface area contributed by atoms with E-state index < -0.39 is 17.5 Å². The van der Waals surface area contributed by atoms with Crippen LogP contribution in [0.3, 0.4) is 0 Å². The molecular formula is C12H11ClFNO2. The lowest BCUT2D eigenvalue weighted by Gasteiger charge is -2.15. The number of carbonyl (C=O) groups excluding carboxylic acids is 2. The first-order valence-corrected chi connectivity index (χ1v) is 5.90. The number of nitrogens with zero attached hydrogens (tertiary/aromatic N) is 1. The van der Waals surface area contributed by atoms with Crippen molar-refractivity contribution in [3.05, 3.63) is 29.6 Å². The number of carbonyl (C=O) groups is 2. The SMILES string of the molecule is O=C1C(=O)N(CCCCCl)c2cc(F)ccc21. The molecule has 0 radical (unpaired) electrons. The third-order valence-corrected chi connectivity index (χ3v) is 2.97. The second kappa shape index (κ2) is 4.84. The standard InChI is InChI=1S/C12H11ClFNO2/c13-5-1-2-6-15-10-7-8(14)3-4-9(10)11(16)12(15)17/h3-4,7H,1-2,5-6H2. The topological polar surface area (TPSA) is 37.4 Å².